The molecule has 4 heteroatoms. The zero-order valence-corrected chi connectivity index (χ0v) is 10.4. The number of nitrogens with two attached hydrogens (primary N) is 1. The highest BCUT2D eigenvalue weighted by Crippen LogP contribution is 2.19. The molecule has 1 heterocycles. The summed E-state index contributed by atoms with van der Waals surface area (Å²) in [6.45, 7) is 2.73. The van der Waals surface area contributed by atoms with Gasteiger partial charge < -0.3 is 11.1 Å². The predicted molar refractivity (Wildman–Crippen MR) is 73.4 cm³/mol. The van der Waals surface area contributed by atoms with E-state index < -0.39 is 0 Å². The number of hydrogen-bond acceptors (Lipinski definition) is 3. The number of primary amides is 1. The van der Waals surface area contributed by atoms with Crippen LogP contribution in [0.4, 0.5) is 5.82 Å². The van der Waals surface area contributed by atoms with Gasteiger partial charge in [-0.3, -0.25) is 4.79 Å². The van der Waals surface area contributed by atoms with E-state index in [0.717, 1.165) is 28.7 Å². The molecule has 94 valence electrons. The Hall–Kier alpha value is -2.10. The molecule has 0 aliphatic rings. The molecule has 2 rings (SSSR count). The van der Waals surface area contributed by atoms with E-state index in [4.69, 9.17) is 5.73 Å². The molecule has 0 atom stereocenters. The lowest BCUT2D eigenvalue weighted by Gasteiger charge is -2.09. The minimum Gasteiger partial charge on any atom is -0.370 e. The Kier molecular flexibility index (Phi) is 3.77. The van der Waals surface area contributed by atoms with E-state index >= 15 is 0 Å². The van der Waals surface area contributed by atoms with Crippen LogP contribution in [0.2, 0.25) is 0 Å². The SMILES string of the molecule is Cc1cc2ccccc2nc1NCCCC(N)=O. The summed E-state index contributed by atoms with van der Waals surface area (Å²) in [6.07, 6.45) is 1.13. The smallest absolute Gasteiger partial charge is 0.217 e. The summed E-state index contributed by atoms with van der Waals surface area (Å²) in [7, 11) is 0. The Morgan fingerprint density at radius 2 is 2.17 bits per heavy atom. The number of benzene rings is 1. The van der Waals surface area contributed by atoms with Gasteiger partial charge in [0.1, 0.15) is 5.82 Å². The monoisotopic (exact) mass is 243 g/mol. The fourth-order valence-electron chi connectivity index (χ4n) is 1.87. The fraction of sp³-hybridized carbons (Fsp3) is 0.286. The third kappa shape index (κ3) is 2.97. The van der Waals surface area contributed by atoms with Crippen LogP contribution in [-0.4, -0.2) is 17.4 Å². The molecule has 0 fully saturated rings. The van der Waals surface area contributed by atoms with E-state index in [1.165, 1.54) is 0 Å². The molecule has 0 bridgehead atoms. The van der Waals surface area contributed by atoms with Crippen LogP contribution in [0.5, 0.6) is 0 Å². The number of amides is 1. The quantitative estimate of drug-likeness (QED) is 0.791. The van der Waals surface area contributed by atoms with Gasteiger partial charge >= 0.3 is 0 Å². The van der Waals surface area contributed by atoms with Crippen molar-refractivity contribution >= 4 is 22.6 Å². The van der Waals surface area contributed by atoms with Crippen LogP contribution < -0.4 is 11.1 Å². The molecule has 4 nitrogen and oxygen atoms in total. The highest BCUT2D eigenvalue weighted by Gasteiger charge is 2.02. The molecule has 0 aliphatic carbocycles. The number of hydrogen-bond donors (Lipinski definition) is 2. The second kappa shape index (κ2) is 5.49. The van der Waals surface area contributed by atoms with Crippen LogP contribution in [0.25, 0.3) is 10.9 Å². The lowest BCUT2D eigenvalue weighted by Crippen LogP contribution is -2.13. The van der Waals surface area contributed by atoms with Crippen molar-refractivity contribution in [3.05, 3.63) is 35.9 Å². The largest absolute Gasteiger partial charge is 0.370 e. The highest BCUT2D eigenvalue weighted by atomic mass is 16.1. The number of carbonyl (C=O) groups excluding carboxylic acids is 1. The number of rotatable bonds is 5. The summed E-state index contributed by atoms with van der Waals surface area (Å²) >= 11 is 0. The van der Waals surface area contributed by atoms with E-state index in [0.29, 0.717) is 13.0 Å². The topological polar surface area (TPSA) is 68.0 Å². The van der Waals surface area contributed by atoms with Crippen molar-refractivity contribution in [2.75, 3.05) is 11.9 Å². The zero-order chi connectivity index (χ0) is 13.0. The third-order valence-corrected chi connectivity index (χ3v) is 2.81. The lowest BCUT2D eigenvalue weighted by molar-refractivity contribution is -0.118. The molecular formula is C14H17N3O. The molecule has 18 heavy (non-hydrogen) atoms. The average Bonchev–Trinajstić information content (AvgIpc) is 2.34. The predicted octanol–water partition coefficient (Wildman–Crippen LogP) is 2.22. The molecule has 0 aliphatic heterocycles. The maximum Gasteiger partial charge on any atom is 0.217 e. The normalized spacial score (nSPS) is 10.5. The van der Waals surface area contributed by atoms with Crippen LogP contribution in [0.15, 0.2) is 30.3 Å². The second-order valence-electron chi connectivity index (χ2n) is 4.34. The molecule has 1 aromatic carbocycles. The van der Waals surface area contributed by atoms with Crippen molar-refractivity contribution in [3.63, 3.8) is 0 Å². The molecule has 3 N–H and O–H groups in total. The molecule has 2 aromatic rings. The van der Waals surface area contributed by atoms with E-state index in [1.807, 2.05) is 31.2 Å². The molecule has 0 unspecified atom stereocenters. The maximum atomic E-state index is 10.6. The summed E-state index contributed by atoms with van der Waals surface area (Å²) in [6, 6.07) is 10.1. The van der Waals surface area contributed by atoms with Gasteiger partial charge in [-0.15, -0.1) is 0 Å². The van der Waals surface area contributed by atoms with Gasteiger partial charge in [-0.25, -0.2) is 4.98 Å². The summed E-state index contributed by atoms with van der Waals surface area (Å²) in [5.41, 5.74) is 7.17. The number of carbonyl (C=O) groups is 1. The Morgan fingerprint density at radius 1 is 1.39 bits per heavy atom. The number of anilines is 1. The average molecular weight is 243 g/mol. The minimum absolute atomic E-state index is 0.264. The summed E-state index contributed by atoms with van der Waals surface area (Å²) in [5, 5.41) is 4.38. The van der Waals surface area contributed by atoms with Crippen molar-refractivity contribution in [2.45, 2.75) is 19.8 Å². The number of aryl methyl sites for hydroxylation is 1. The van der Waals surface area contributed by atoms with Crippen molar-refractivity contribution in [1.82, 2.24) is 4.98 Å². The van der Waals surface area contributed by atoms with Crippen LogP contribution in [0, 0.1) is 6.92 Å². The number of fused-ring (bicyclic) bond motifs is 1. The van der Waals surface area contributed by atoms with E-state index in [-0.39, 0.29) is 5.91 Å². The van der Waals surface area contributed by atoms with Crippen LogP contribution in [-0.2, 0) is 4.79 Å². The fourth-order valence-corrected chi connectivity index (χ4v) is 1.87. The van der Waals surface area contributed by atoms with Crippen LogP contribution in [0.3, 0.4) is 0 Å². The first-order chi connectivity index (χ1) is 8.66. The van der Waals surface area contributed by atoms with Gasteiger partial charge in [-0.2, -0.15) is 0 Å². The number of nitrogens with one attached hydrogen (secondary N) is 1. The summed E-state index contributed by atoms with van der Waals surface area (Å²) < 4.78 is 0. The summed E-state index contributed by atoms with van der Waals surface area (Å²) in [5.74, 6) is 0.609. The molecule has 0 radical (unpaired) electrons. The van der Waals surface area contributed by atoms with Gasteiger partial charge in [-0.1, -0.05) is 18.2 Å². The first-order valence-electron chi connectivity index (χ1n) is 6.05. The van der Waals surface area contributed by atoms with Gasteiger partial charge in [0, 0.05) is 18.4 Å². The summed E-state index contributed by atoms with van der Waals surface area (Å²) in [4.78, 5) is 15.2. The van der Waals surface area contributed by atoms with Crippen LogP contribution in [0.1, 0.15) is 18.4 Å². The molecule has 0 spiro atoms. The first-order valence-corrected chi connectivity index (χ1v) is 6.05. The Balaban J connectivity index is 2.08. The zero-order valence-electron chi connectivity index (χ0n) is 10.4. The Bertz CT molecular complexity index is 566. The van der Waals surface area contributed by atoms with Crippen molar-refractivity contribution < 1.29 is 4.79 Å². The minimum atomic E-state index is -0.264. The third-order valence-electron chi connectivity index (χ3n) is 2.81. The van der Waals surface area contributed by atoms with Gasteiger partial charge in [0.15, 0.2) is 0 Å². The van der Waals surface area contributed by atoms with E-state index in [2.05, 4.69) is 16.4 Å². The van der Waals surface area contributed by atoms with Crippen molar-refractivity contribution in [3.8, 4) is 0 Å². The lowest BCUT2D eigenvalue weighted by atomic mass is 10.1. The molecular weight excluding hydrogens is 226 g/mol. The molecule has 1 aromatic heterocycles. The van der Waals surface area contributed by atoms with Gasteiger partial charge in [-0.05, 0) is 31.0 Å². The standard InChI is InChI=1S/C14H17N3O/c1-10-9-11-5-2-3-6-12(11)17-14(10)16-8-4-7-13(15)18/h2-3,5-6,9H,4,7-8H2,1H3,(H2,15,18)(H,16,17). The number of para-hydroxylation sites is 1. The molecule has 1 amide bonds. The Labute approximate surface area is 106 Å². The van der Waals surface area contributed by atoms with Crippen molar-refractivity contribution in [2.24, 2.45) is 5.73 Å². The van der Waals surface area contributed by atoms with Gasteiger partial charge in [0.05, 0.1) is 5.52 Å². The van der Waals surface area contributed by atoms with E-state index in [9.17, 15) is 4.79 Å². The van der Waals surface area contributed by atoms with Gasteiger partial charge in [0.25, 0.3) is 0 Å². The Morgan fingerprint density at radius 3 is 2.94 bits per heavy atom. The van der Waals surface area contributed by atoms with Crippen LogP contribution >= 0.6 is 0 Å². The maximum absolute atomic E-state index is 10.6. The molecule has 0 saturated carbocycles. The second-order valence-corrected chi connectivity index (χ2v) is 4.34. The van der Waals surface area contributed by atoms with Gasteiger partial charge in [0.2, 0.25) is 5.91 Å². The van der Waals surface area contributed by atoms with Crippen molar-refractivity contribution in [1.29, 1.82) is 0 Å². The first kappa shape index (κ1) is 12.4. The molecule has 0 saturated heterocycles. The highest BCUT2D eigenvalue weighted by molar-refractivity contribution is 5.81. The number of nitrogens with zero attached hydrogens (tertiary/aromatic N) is 1. The van der Waals surface area contributed by atoms with E-state index in [1.54, 1.807) is 0 Å². The number of pyridine rings is 1. The number of aromatic nitrogens is 1.